The highest BCUT2D eigenvalue weighted by molar-refractivity contribution is 5.16. The predicted molar refractivity (Wildman–Crippen MR) is 134 cm³/mol. The first-order valence-electron chi connectivity index (χ1n) is 12.1. The lowest BCUT2D eigenvalue weighted by molar-refractivity contribution is 0.194. The van der Waals surface area contributed by atoms with Crippen molar-refractivity contribution in [2.24, 2.45) is 0 Å². The molecule has 0 amide bonds. The van der Waals surface area contributed by atoms with Gasteiger partial charge < -0.3 is 0 Å². The Labute approximate surface area is 194 Å². The number of benzene rings is 3. The summed E-state index contributed by atoms with van der Waals surface area (Å²) in [6.07, 6.45) is 2.44. The first kappa shape index (κ1) is 22.7. The van der Waals surface area contributed by atoms with Crippen molar-refractivity contribution in [3.05, 3.63) is 108 Å². The summed E-state index contributed by atoms with van der Waals surface area (Å²) >= 11 is 0. The van der Waals surface area contributed by atoms with Crippen LogP contribution >= 0.6 is 0 Å². The van der Waals surface area contributed by atoms with Gasteiger partial charge in [0, 0.05) is 32.7 Å². The summed E-state index contributed by atoms with van der Waals surface area (Å²) in [5.41, 5.74) is 4.25. The molecule has 0 unspecified atom stereocenters. The molecule has 3 aromatic rings. The van der Waals surface area contributed by atoms with Crippen LogP contribution in [0, 0.1) is 0 Å². The molecule has 32 heavy (non-hydrogen) atoms. The van der Waals surface area contributed by atoms with Crippen LogP contribution in [0.15, 0.2) is 91.0 Å². The van der Waals surface area contributed by atoms with E-state index in [1.165, 1.54) is 42.6 Å². The molecule has 1 fully saturated rings. The van der Waals surface area contributed by atoms with E-state index in [0.29, 0.717) is 0 Å². The Morgan fingerprint density at radius 1 is 0.375 bits per heavy atom. The maximum atomic E-state index is 2.65. The van der Waals surface area contributed by atoms with Gasteiger partial charge in [0.15, 0.2) is 0 Å². The van der Waals surface area contributed by atoms with Crippen molar-refractivity contribution in [1.29, 1.82) is 0 Å². The minimum absolute atomic E-state index is 1.04. The molecule has 0 radical (unpaired) electrons. The average Bonchev–Trinajstić information content (AvgIpc) is 2.87. The molecule has 0 saturated carbocycles. The van der Waals surface area contributed by atoms with Gasteiger partial charge in [0.2, 0.25) is 0 Å². The van der Waals surface area contributed by atoms with Crippen molar-refractivity contribution < 1.29 is 0 Å². The molecule has 0 spiro atoms. The molecule has 0 aromatic heterocycles. The third-order valence-electron chi connectivity index (χ3n) is 6.38. The van der Waals surface area contributed by atoms with Crippen molar-refractivity contribution in [3.8, 4) is 0 Å². The van der Waals surface area contributed by atoms with Crippen LogP contribution in [0.4, 0.5) is 0 Å². The highest BCUT2D eigenvalue weighted by atomic mass is 15.2. The van der Waals surface area contributed by atoms with Gasteiger partial charge in [-0.3, -0.25) is 14.7 Å². The zero-order valence-corrected chi connectivity index (χ0v) is 19.3. The van der Waals surface area contributed by atoms with E-state index in [9.17, 15) is 0 Å². The van der Waals surface area contributed by atoms with Crippen LogP contribution in [0.25, 0.3) is 0 Å². The highest BCUT2D eigenvalue weighted by Gasteiger charge is 2.15. The second-order valence-electron chi connectivity index (χ2n) is 8.99. The van der Waals surface area contributed by atoms with Crippen LogP contribution in [-0.4, -0.2) is 54.0 Å². The molecule has 168 valence electrons. The SMILES string of the molecule is c1ccc(CN2CCCN(Cc3ccccc3)CCN(Cc3ccccc3)CCC2)cc1. The Balaban J connectivity index is 1.43. The van der Waals surface area contributed by atoms with Crippen LogP contribution < -0.4 is 0 Å². The molecule has 1 saturated heterocycles. The molecule has 3 aromatic carbocycles. The van der Waals surface area contributed by atoms with Crippen LogP contribution in [-0.2, 0) is 19.6 Å². The minimum Gasteiger partial charge on any atom is -0.299 e. The minimum atomic E-state index is 1.04. The summed E-state index contributed by atoms with van der Waals surface area (Å²) in [6.45, 7) is 10.0. The van der Waals surface area contributed by atoms with Crippen LogP contribution in [0.5, 0.6) is 0 Å². The lowest BCUT2D eigenvalue weighted by atomic mass is 10.2. The van der Waals surface area contributed by atoms with Crippen LogP contribution in [0.3, 0.4) is 0 Å². The van der Waals surface area contributed by atoms with Crippen molar-refractivity contribution in [1.82, 2.24) is 14.7 Å². The molecule has 1 heterocycles. The molecule has 0 aliphatic carbocycles. The summed E-state index contributed by atoms with van der Waals surface area (Å²) in [6, 6.07) is 32.8. The standard InChI is InChI=1S/C29H37N3/c1-4-12-27(13-5-1)24-30-18-10-20-31(25-28-14-6-2-7-15-28)22-23-32(21-11-19-30)26-29-16-8-3-9-17-29/h1-9,12-17H,10-11,18-26H2. The van der Waals surface area contributed by atoms with Crippen molar-refractivity contribution >= 4 is 0 Å². The Bertz CT molecular complexity index is 827. The summed E-state index contributed by atoms with van der Waals surface area (Å²) in [5.74, 6) is 0. The van der Waals surface area contributed by atoms with Crippen LogP contribution in [0.2, 0.25) is 0 Å². The second kappa shape index (κ2) is 12.5. The molecular weight excluding hydrogens is 390 g/mol. The van der Waals surface area contributed by atoms with E-state index in [0.717, 1.165) is 45.8 Å². The van der Waals surface area contributed by atoms with Gasteiger partial charge in [-0.05, 0) is 55.7 Å². The normalized spacial score (nSPS) is 17.6. The average molecular weight is 428 g/mol. The zero-order chi connectivity index (χ0) is 21.8. The fourth-order valence-corrected chi connectivity index (χ4v) is 4.65. The fourth-order valence-electron chi connectivity index (χ4n) is 4.65. The van der Waals surface area contributed by atoms with Gasteiger partial charge in [-0.1, -0.05) is 91.0 Å². The van der Waals surface area contributed by atoms with Gasteiger partial charge in [0.1, 0.15) is 0 Å². The third kappa shape index (κ3) is 7.59. The highest BCUT2D eigenvalue weighted by Crippen LogP contribution is 2.12. The molecule has 3 heteroatoms. The largest absolute Gasteiger partial charge is 0.299 e. The predicted octanol–water partition coefficient (Wildman–Crippen LogP) is 5.29. The molecule has 0 N–H and O–H groups in total. The van der Waals surface area contributed by atoms with E-state index in [2.05, 4.69) is 106 Å². The zero-order valence-electron chi connectivity index (χ0n) is 19.3. The smallest absolute Gasteiger partial charge is 0.0234 e. The molecule has 3 nitrogen and oxygen atoms in total. The van der Waals surface area contributed by atoms with Crippen molar-refractivity contribution in [2.45, 2.75) is 32.5 Å². The van der Waals surface area contributed by atoms with Gasteiger partial charge >= 0.3 is 0 Å². The van der Waals surface area contributed by atoms with E-state index >= 15 is 0 Å². The van der Waals surface area contributed by atoms with E-state index in [-0.39, 0.29) is 0 Å². The number of hydrogen-bond donors (Lipinski definition) is 0. The topological polar surface area (TPSA) is 9.72 Å². The molecule has 4 rings (SSSR count). The summed E-state index contributed by atoms with van der Waals surface area (Å²) in [4.78, 5) is 7.96. The molecule has 1 aliphatic heterocycles. The second-order valence-corrected chi connectivity index (χ2v) is 8.99. The van der Waals surface area contributed by atoms with E-state index in [1.807, 2.05) is 0 Å². The van der Waals surface area contributed by atoms with Gasteiger partial charge in [-0.25, -0.2) is 0 Å². The maximum Gasteiger partial charge on any atom is 0.0234 e. The van der Waals surface area contributed by atoms with E-state index < -0.39 is 0 Å². The summed E-state index contributed by atoms with van der Waals surface area (Å²) in [7, 11) is 0. The van der Waals surface area contributed by atoms with Crippen LogP contribution in [0.1, 0.15) is 29.5 Å². The fraction of sp³-hybridized carbons (Fsp3) is 0.379. The van der Waals surface area contributed by atoms with E-state index in [1.54, 1.807) is 0 Å². The van der Waals surface area contributed by atoms with Gasteiger partial charge in [-0.2, -0.15) is 0 Å². The Hall–Kier alpha value is -2.46. The quantitative estimate of drug-likeness (QED) is 0.529. The molecule has 0 atom stereocenters. The lowest BCUT2D eigenvalue weighted by Crippen LogP contribution is -2.35. The Kier molecular flexibility index (Phi) is 8.91. The third-order valence-corrected chi connectivity index (χ3v) is 6.38. The summed E-state index contributed by atoms with van der Waals surface area (Å²) < 4.78 is 0. The van der Waals surface area contributed by atoms with E-state index in [4.69, 9.17) is 0 Å². The van der Waals surface area contributed by atoms with Crippen molar-refractivity contribution in [2.75, 3.05) is 39.3 Å². The first-order valence-corrected chi connectivity index (χ1v) is 12.1. The van der Waals surface area contributed by atoms with Gasteiger partial charge in [0.25, 0.3) is 0 Å². The van der Waals surface area contributed by atoms with Gasteiger partial charge in [-0.15, -0.1) is 0 Å². The first-order chi connectivity index (χ1) is 15.8. The number of nitrogens with zero attached hydrogens (tertiary/aromatic N) is 3. The molecular formula is C29H37N3. The monoisotopic (exact) mass is 427 g/mol. The summed E-state index contributed by atoms with van der Waals surface area (Å²) in [5, 5.41) is 0. The number of rotatable bonds is 6. The Morgan fingerprint density at radius 3 is 0.969 bits per heavy atom. The number of hydrogen-bond acceptors (Lipinski definition) is 3. The van der Waals surface area contributed by atoms with Gasteiger partial charge in [0.05, 0.1) is 0 Å². The lowest BCUT2D eigenvalue weighted by Gasteiger charge is -2.27. The molecule has 1 aliphatic rings. The maximum absolute atomic E-state index is 2.65. The molecule has 0 bridgehead atoms. The van der Waals surface area contributed by atoms with Crippen molar-refractivity contribution in [3.63, 3.8) is 0 Å². The Morgan fingerprint density at radius 2 is 0.656 bits per heavy atom.